The van der Waals surface area contributed by atoms with Crippen molar-refractivity contribution in [3.8, 4) is 11.1 Å². The molecule has 0 bridgehead atoms. The van der Waals surface area contributed by atoms with E-state index in [1.165, 1.54) is 27.9 Å². The molecule has 0 saturated heterocycles. The Kier molecular flexibility index (Phi) is 4.96. The van der Waals surface area contributed by atoms with Crippen LogP contribution >= 0.6 is 0 Å². The zero-order chi connectivity index (χ0) is 14.5. The lowest BCUT2D eigenvalue weighted by Crippen LogP contribution is -2.12. The fourth-order valence-electron chi connectivity index (χ4n) is 2.54. The van der Waals surface area contributed by atoms with E-state index in [0.29, 0.717) is 0 Å². The monoisotopic (exact) mass is 271 g/mol. The van der Waals surface area contributed by atoms with Crippen molar-refractivity contribution >= 4 is 0 Å². The lowest BCUT2D eigenvalue weighted by molar-refractivity contribution is 0.727. The first-order valence-corrected chi connectivity index (χ1v) is 7.48. The highest BCUT2D eigenvalue weighted by molar-refractivity contribution is 5.70. The molecular formula is C17H25N3. The van der Waals surface area contributed by atoms with Crippen LogP contribution in [0.1, 0.15) is 37.1 Å². The van der Waals surface area contributed by atoms with Gasteiger partial charge in [-0.2, -0.15) is 5.10 Å². The van der Waals surface area contributed by atoms with Crippen LogP contribution in [0.5, 0.6) is 0 Å². The second kappa shape index (κ2) is 6.71. The molecule has 2 rings (SSSR count). The standard InChI is InChI=1S/C17H25N3/c1-5-7-17-16(12-20(4)19-17)15-10-13(3)8-9-14(15)11-18-6-2/h8-10,12,18H,5-7,11H2,1-4H3. The number of aromatic nitrogens is 2. The number of rotatable bonds is 6. The number of hydrogen-bond donors (Lipinski definition) is 1. The van der Waals surface area contributed by atoms with Crippen LogP contribution in [0.3, 0.4) is 0 Å². The van der Waals surface area contributed by atoms with E-state index in [4.69, 9.17) is 0 Å². The fourth-order valence-corrected chi connectivity index (χ4v) is 2.54. The second-order valence-electron chi connectivity index (χ2n) is 5.35. The van der Waals surface area contributed by atoms with Crippen molar-refractivity contribution in [2.45, 2.75) is 40.2 Å². The minimum absolute atomic E-state index is 0.909. The third-order valence-electron chi connectivity index (χ3n) is 3.51. The van der Waals surface area contributed by atoms with Crippen LogP contribution in [0, 0.1) is 6.92 Å². The quantitative estimate of drug-likeness (QED) is 0.872. The van der Waals surface area contributed by atoms with Gasteiger partial charge in [-0.3, -0.25) is 4.68 Å². The Bertz CT molecular complexity index is 570. The Morgan fingerprint density at radius 3 is 2.70 bits per heavy atom. The first-order chi connectivity index (χ1) is 9.65. The maximum atomic E-state index is 4.62. The van der Waals surface area contributed by atoms with Gasteiger partial charge in [0, 0.05) is 25.4 Å². The van der Waals surface area contributed by atoms with Gasteiger partial charge in [0.2, 0.25) is 0 Å². The van der Waals surface area contributed by atoms with Crippen LogP contribution in [0.25, 0.3) is 11.1 Å². The van der Waals surface area contributed by atoms with Crippen molar-refractivity contribution in [2.24, 2.45) is 7.05 Å². The van der Waals surface area contributed by atoms with E-state index in [1.807, 2.05) is 11.7 Å². The van der Waals surface area contributed by atoms with Gasteiger partial charge in [-0.15, -0.1) is 0 Å². The van der Waals surface area contributed by atoms with Gasteiger partial charge < -0.3 is 5.32 Å². The number of hydrogen-bond acceptors (Lipinski definition) is 2. The molecule has 1 heterocycles. The van der Waals surface area contributed by atoms with Crippen LogP contribution in [0.15, 0.2) is 24.4 Å². The molecule has 0 spiro atoms. The maximum Gasteiger partial charge on any atom is 0.0702 e. The molecule has 0 radical (unpaired) electrons. The molecule has 0 unspecified atom stereocenters. The molecule has 0 atom stereocenters. The van der Waals surface area contributed by atoms with Gasteiger partial charge in [-0.1, -0.05) is 44.0 Å². The molecule has 108 valence electrons. The van der Waals surface area contributed by atoms with E-state index < -0.39 is 0 Å². The van der Waals surface area contributed by atoms with Gasteiger partial charge in [-0.25, -0.2) is 0 Å². The summed E-state index contributed by atoms with van der Waals surface area (Å²) in [5.74, 6) is 0. The Morgan fingerprint density at radius 2 is 2.00 bits per heavy atom. The van der Waals surface area contributed by atoms with Crippen LogP contribution in [0.4, 0.5) is 0 Å². The van der Waals surface area contributed by atoms with E-state index >= 15 is 0 Å². The highest BCUT2D eigenvalue weighted by Gasteiger charge is 2.13. The Hall–Kier alpha value is -1.61. The van der Waals surface area contributed by atoms with Gasteiger partial charge in [0.05, 0.1) is 5.69 Å². The molecule has 0 amide bonds. The number of aryl methyl sites for hydroxylation is 3. The summed E-state index contributed by atoms with van der Waals surface area (Å²) in [6.07, 6.45) is 4.30. The van der Waals surface area contributed by atoms with Crippen LogP contribution in [0.2, 0.25) is 0 Å². The van der Waals surface area contributed by atoms with Crippen molar-refractivity contribution < 1.29 is 0 Å². The summed E-state index contributed by atoms with van der Waals surface area (Å²) >= 11 is 0. The van der Waals surface area contributed by atoms with Gasteiger partial charge in [-0.05, 0) is 31.0 Å². The summed E-state index contributed by atoms with van der Waals surface area (Å²) < 4.78 is 1.93. The molecule has 1 aromatic carbocycles. The van der Waals surface area contributed by atoms with Crippen LogP contribution in [-0.4, -0.2) is 16.3 Å². The minimum Gasteiger partial charge on any atom is -0.313 e. The first-order valence-electron chi connectivity index (χ1n) is 7.48. The van der Waals surface area contributed by atoms with Crippen molar-refractivity contribution in [1.29, 1.82) is 0 Å². The van der Waals surface area contributed by atoms with E-state index in [0.717, 1.165) is 25.9 Å². The molecule has 1 aromatic heterocycles. The van der Waals surface area contributed by atoms with E-state index in [1.54, 1.807) is 0 Å². The van der Waals surface area contributed by atoms with Crippen molar-refractivity contribution in [3.05, 3.63) is 41.2 Å². The van der Waals surface area contributed by atoms with Gasteiger partial charge in [0.15, 0.2) is 0 Å². The predicted molar refractivity (Wildman–Crippen MR) is 84.8 cm³/mol. The zero-order valence-electron chi connectivity index (χ0n) is 13.0. The van der Waals surface area contributed by atoms with Crippen molar-refractivity contribution in [2.75, 3.05) is 6.54 Å². The molecule has 0 aliphatic heterocycles. The lowest BCUT2D eigenvalue weighted by atomic mass is 9.96. The molecular weight excluding hydrogens is 246 g/mol. The Balaban J connectivity index is 2.47. The maximum absolute atomic E-state index is 4.62. The predicted octanol–water partition coefficient (Wildman–Crippen LogP) is 3.46. The molecule has 0 aliphatic rings. The number of nitrogens with zero attached hydrogens (tertiary/aromatic N) is 2. The van der Waals surface area contributed by atoms with E-state index in [2.05, 4.69) is 55.6 Å². The van der Waals surface area contributed by atoms with E-state index in [9.17, 15) is 0 Å². The topological polar surface area (TPSA) is 29.9 Å². The Morgan fingerprint density at radius 1 is 1.20 bits per heavy atom. The lowest BCUT2D eigenvalue weighted by Gasteiger charge is -2.11. The fraction of sp³-hybridized carbons (Fsp3) is 0.471. The average molecular weight is 271 g/mol. The van der Waals surface area contributed by atoms with Gasteiger partial charge in [0.25, 0.3) is 0 Å². The summed E-state index contributed by atoms with van der Waals surface area (Å²) in [6.45, 7) is 8.39. The number of nitrogens with one attached hydrogen (secondary N) is 1. The highest BCUT2D eigenvalue weighted by Crippen LogP contribution is 2.28. The van der Waals surface area contributed by atoms with Gasteiger partial charge >= 0.3 is 0 Å². The van der Waals surface area contributed by atoms with Crippen LogP contribution < -0.4 is 5.32 Å². The van der Waals surface area contributed by atoms with Gasteiger partial charge in [0.1, 0.15) is 0 Å². The van der Waals surface area contributed by atoms with Crippen molar-refractivity contribution in [1.82, 2.24) is 15.1 Å². The SMILES string of the molecule is CCCc1nn(C)cc1-c1cc(C)ccc1CNCC. The summed E-state index contributed by atoms with van der Waals surface area (Å²) in [7, 11) is 2.00. The minimum atomic E-state index is 0.909. The smallest absolute Gasteiger partial charge is 0.0702 e. The molecule has 20 heavy (non-hydrogen) atoms. The molecule has 3 heteroatoms. The van der Waals surface area contributed by atoms with Crippen molar-refractivity contribution in [3.63, 3.8) is 0 Å². The molecule has 0 aliphatic carbocycles. The summed E-state index contributed by atoms with van der Waals surface area (Å²) in [5.41, 5.74) is 6.46. The molecule has 1 N–H and O–H groups in total. The average Bonchev–Trinajstić information content (AvgIpc) is 2.78. The third kappa shape index (κ3) is 3.28. The first kappa shape index (κ1) is 14.8. The Labute approximate surface area is 122 Å². The molecule has 2 aromatic rings. The molecule has 0 fully saturated rings. The van der Waals surface area contributed by atoms with Crippen LogP contribution in [-0.2, 0) is 20.0 Å². The molecule has 0 saturated carbocycles. The second-order valence-corrected chi connectivity index (χ2v) is 5.35. The molecule has 3 nitrogen and oxygen atoms in total. The summed E-state index contributed by atoms with van der Waals surface area (Å²) in [4.78, 5) is 0. The number of benzene rings is 1. The highest BCUT2D eigenvalue weighted by atomic mass is 15.2. The summed E-state index contributed by atoms with van der Waals surface area (Å²) in [5, 5.41) is 8.05. The normalized spacial score (nSPS) is 11.0. The zero-order valence-corrected chi connectivity index (χ0v) is 13.0. The summed E-state index contributed by atoms with van der Waals surface area (Å²) in [6, 6.07) is 6.70. The largest absolute Gasteiger partial charge is 0.313 e. The third-order valence-corrected chi connectivity index (χ3v) is 3.51. The van der Waals surface area contributed by atoms with E-state index in [-0.39, 0.29) is 0 Å².